The van der Waals surface area contributed by atoms with Crippen molar-refractivity contribution in [1.29, 1.82) is 0 Å². The van der Waals surface area contributed by atoms with Gasteiger partial charge in [0.1, 0.15) is 4.88 Å². The molecule has 0 radical (unpaired) electrons. The van der Waals surface area contributed by atoms with Crippen LogP contribution < -0.4 is 15.8 Å². The fourth-order valence-corrected chi connectivity index (χ4v) is 2.99. The molecular formula is C11H17BrN2O2S. The van der Waals surface area contributed by atoms with Crippen molar-refractivity contribution in [3.63, 3.8) is 0 Å². The number of nitrogens with one attached hydrogen (secondary N) is 1. The molecule has 0 saturated heterocycles. The molecular weight excluding hydrogens is 304 g/mol. The molecule has 1 amide bonds. The van der Waals surface area contributed by atoms with Crippen LogP contribution in [0.25, 0.3) is 0 Å². The van der Waals surface area contributed by atoms with Crippen LogP contribution >= 0.6 is 27.3 Å². The van der Waals surface area contributed by atoms with E-state index in [-0.39, 0.29) is 11.9 Å². The third kappa shape index (κ3) is 3.69. The monoisotopic (exact) mass is 320 g/mol. The molecule has 1 aromatic rings. The minimum Gasteiger partial charge on any atom is -0.494 e. The second-order valence-electron chi connectivity index (χ2n) is 3.86. The van der Waals surface area contributed by atoms with Crippen LogP contribution in [0.2, 0.25) is 0 Å². The number of amides is 1. The SMILES string of the molecule is COc1c(C(=O)NCCC(C)N)sc(C)c1Br. The van der Waals surface area contributed by atoms with Gasteiger partial charge in [-0.05, 0) is 36.2 Å². The summed E-state index contributed by atoms with van der Waals surface area (Å²) < 4.78 is 6.07. The summed E-state index contributed by atoms with van der Waals surface area (Å²) >= 11 is 4.82. The number of ether oxygens (including phenoxy) is 1. The van der Waals surface area contributed by atoms with Gasteiger partial charge < -0.3 is 15.8 Å². The van der Waals surface area contributed by atoms with Crippen LogP contribution in [-0.4, -0.2) is 25.6 Å². The number of hydrogen-bond acceptors (Lipinski definition) is 4. The standard InChI is InChI=1S/C11H17BrN2O2S/c1-6(13)4-5-14-11(15)10-9(16-3)8(12)7(2)17-10/h6H,4-5,13H2,1-3H3,(H,14,15). The van der Waals surface area contributed by atoms with Crippen molar-refractivity contribution in [1.82, 2.24) is 5.32 Å². The van der Waals surface area contributed by atoms with Crippen molar-refractivity contribution in [3.05, 3.63) is 14.2 Å². The molecule has 0 aliphatic heterocycles. The number of rotatable bonds is 5. The lowest BCUT2D eigenvalue weighted by atomic mass is 10.2. The average molecular weight is 321 g/mol. The van der Waals surface area contributed by atoms with E-state index < -0.39 is 0 Å². The molecule has 1 heterocycles. The molecule has 1 unspecified atom stereocenters. The highest BCUT2D eigenvalue weighted by molar-refractivity contribution is 9.10. The van der Waals surface area contributed by atoms with Crippen LogP contribution in [0.5, 0.6) is 5.75 Å². The highest BCUT2D eigenvalue weighted by Gasteiger charge is 2.20. The third-order valence-electron chi connectivity index (χ3n) is 2.27. The highest BCUT2D eigenvalue weighted by atomic mass is 79.9. The molecule has 1 atom stereocenters. The summed E-state index contributed by atoms with van der Waals surface area (Å²) in [6, 6.07) is 0.0917. The van der Waals surface area contributed by atoms with Gasteiger partial charge in [-0.3, -0.25) is 4.79 Å². The summed E-state index contributed by atoms with van der Waals surface area (Å²) in [5.41, 5.74) is 5.62. The van der Waals surface area contributed by atoms with Crippen molar-refractivity contribution in [2.75, 3.05) is 13.7 Å². The molecule has 1 aromatic heterocycles. The van der Waals surface area contributed by atoms with Crippen LogP contribution in [0.1, 0.15) is 27.9 Å². The van der Waals surface area contributed by atoms with Crippen LogP contribution in [0, 0.1) is 6.92 Å². The first-order valence-corrected chi connectivity index (χ1v) is 6.95. The van der Waals surface area contributed by atoms with Crippen molar-refractivity contribution in [2.45, 2.75) is 26.3 Å². The summed E-state index contributed by atoms with van der Waals surface area (Å²) in [7, 11) is 1.56. The summed E-state index contributed by atoms with van der Waals surface area (Å²) in [6.07, 6.45) is 0.763. The molecule has 0 fully saturated rings. The highest BCUT2D eigenvalue weighted by Crippen LogP contribution is 2.38. The molecule has 1 rings (SSSR count). The molecule has 0 bridgehead atoms. The number of methoxy groups -OCH3 is 1. The quantitative estimate of drug-likeness (QED) is 0.874. The number of halogens is 1. The fraction of sp³-hybridized carbons (Fsp3) is 0.545. The van der Waals surface area contributed by atoms with E-state index in [1.807, 2.05) is 13.8 Å². The van der Waals surface area contributed by atoms with Crippen molar-refractivity contribution >= 4 is 33.2 Å². The molecule has 96 valence electrons. The summed E-state index contributed by atoms with van der Waals surface area (Å²) in [5, 5.41) is 2.84. The van der Waals surface area contributed by atoms with Crippen molar-refractivity contribution < 1.29 is 9.53 Å². The smallest absolute Gasteiger partial charge is 0.265 e. The maximum Gasteiger partial charge on any atom is 0.265 e. The minimum absolute atomic E-state index is 0.0917. The first kappa shape index (κ1) is 14.5. The number of carbonyl (C=O) groups is 1. The first-order chi connectivity index (χ1) is 7.97. The molecule has 0 spiro atoms. The zero-order valence-corrected chi connectivity index (χ0v) is 12.6. The second kappa shape index (κ2) is 6.37. The predicted molar refractivity (Wildman–Crippen MR) is 73.9 cm³/mol. The number of nitrogens with two attached hydrogens (primary N) is 1. The van der Waals surface area contributed by atoms with E-state index in [2.05, 4.69) is 21.2 Å². The van der Waals surface area contributed by atoms with Gasteiger partial charge in [0.05, 0.1) is 11.6 Å². The molecule has 6 heteroatoms. The maximum absolute atomic E-state index is 11.9. The van der Waals surface area contributed by atoms with Gasteiger partial charge >= 0.3 is 0 Å². The zero-order valence-electron chi connectivity index (χ0n) is 10.2. The lowest BCUT2D eigenvalue weighted by Crippen LogP contribution is -2.28. The normalized spacial score (nSPS) is 12.3. The van der Waals surface area contributed by atoms with E-state index in [1.54, 1.807) is 7.11 Å². The lowest BCUT2D eigenvalue weighted by Gasteiger charge is -2.07. The molecule has 0 aliphatic carbocycles. The Balaban J connectivity index is 2.72. The van der Waals surface area contributed by atoms with E-state index >= 15 is 0 Å². The predicted octanol–water partition coefficient (Wildman–Crippen LogP) is 2.29. The summed E-state index contributed by atoms with van der Waals surface area (Å²) in [4.78, 5) is 13.6. The van der Waals surface area contributed by atoms with Crippen molar-refractivity contribution in [2.24, 2.45) is 5.73 Å². The third-order valence-corrected chi connectivity index (χ3v) is 4.57. The van der Waals surface area contributed by atoms with Crippen LogP contribution in [0.15, 0.2) is 4.47 Å². The largest absolute Gasteiger partial charge is 0.494 e. The molecule has 0 aromatic carbocycles. The van der Waals surface area contributed by atoms with E-state index in [1.165, 1.54) is 11.3 Å². The van der Waals surface area contributed by atoms with Gasteiger partial charge in [-0.1, -0.05) is 0 Å². The maximum atomic E-state index is 11.9. The minimum atomic E-state index is -0.110. The lowest BCUT2D eigenvalue weighted by molar-refractivity contribution is 0.0954. The number of thiophene rings is 1. The molecule has 0 saturated carbocycles. The van der Waals surface area contributed by atoms with Crippen LogP contribution in [0.3, 0.4) is 0 Å². The Morgan fingerprint density at radius 2 is 2.29 bits per heavy atom. The summed E-state index contributed by atoms with van der Waals surface area (Å²) in [5.74, 6) is 0.493. The Labute approximate surface area is 114 Å². The van der Waals surface area contributed by atoms with Gasteiger partial charge in [-0.15, -0.1) is 11.3 Å². The van der Waals surface area contributed by atoms with Gasteiger partial charge in [0.2, 0.25) is 0 Å². The summed E-state index contributed by atoms with van der Waals surface area (Å²) in [6.45, 7) is 4.43. The van der Waals surface area contributed by atoms with Gasteiger partial charge in [0.15, 0.2) is 5.75 Å². The van der Waals surface area contributed by atoms with Gasteiger partial charge in [0, 0.05) is 17.5 Å². The second-order valence-corrected chi connectivity index (χ2v) is 5.87. The van der Waals surface area contributed by atoms with Crippen LogP contribution in [-0.2, 0) is 0 Å². The van der Waals surface area contributed by atoms with Gasteiger partial charge in [-0.25, -0.2) is 0 Å². The number of hydrogen-bond donors (Lipinski definition) is 2. The Morgan fingerprint density at radius 1 is 1.65 bits per heavy atom. The Bertz CT molecular complexity index is 404. The molecule has 4 nitrogen and oxygen atoms in total. The number of aryl methyl sites for hydroxylation is 1. The molecule has 17 heavy (non-hydrogen) atoms. The van der Waals surface area contributed by atoms with E-state index in [4.69, 9.17) is 10.5 Å². The topological polar surface area (TPSA) is 64.3 Å². The van der Waals surface area contributed by atoms with Crippen molar-refractivity contribution in [3.8, 4) is 5.75 Å². The zero-order chi connectivity index (χ0) is 13.0. The Hall–Kier alpha value is -0.590. The van der Waals surface area contributed by atoms with E-state index in [0.29, 0.717) is 17.2 Å². The Kier molecular flexibility index (Phi) is 5.42. The van der Waals surface area contributed by atoms with Gasteiger partial charge in [-0.2, -0.15) is 0 Å². The van der Waals surface area contributed by atoms with Gasteiger partial charge in [0.25, 0.3) is 5.91 Å². The molecule has 0 aliphatic rings. The van der Waals surface area contributed by atoms with E-state index in [0.717, 1.165) is 15.8 Å². The number of carbonyl (C=O) groups excluding carboxylic acids is 1. The van der Waals surface area contributed by atoms with Crippen LogP contribution in [0.4, 0.5) is 0 Å². The van der Waals surface area contributed by atoms with E-state index in [9.17, 15) is 4.79 Å². The molecule has 3 N–H and O–H groups in total. The first-order valence-electron chi connectivity index (χ1n) is 5.34. The average Bonchev–Trinajstić information content (AvgIpc) is 2.54. The fourth-order valence-electron chi connectivity index (χ4n) is 1.33. The Morgan fingerprint density at radius 3 is 2.82 bits per heavy atom.